The number of carbonyl (C=O) groups excluding carboxylic acids is 1. The van der Waals surface area contributed by atoms with Crippen LogP contribution in [0.25, 0.3) is 0 Å². The number of para-hydroxylation sites is 1. The standard InChI is InChI=1S/C22H25ClN4O4/c1-31-11-8-24-22(28)17-13-15-12-16(27(29)30)6-7-19(15)26-10-9-25(14-21(17)26)20-5-3-2-4-18(20)23/h2-7,12,17,21H,8-11,13-14H2,1H3,(H,24,28)/t17-,21+/m1/s1. The molecule has 0 radical (unpaired) electrons. The van der Waals surface area contributed by atoms with E-state index in [0.717, 1.165) is 23.5 Å². The van der Waals surface area contributed by atoms with Crippen LogP contribution in [0.5, 0.6) is 0 Å². The maximum Gasteiger partial charge on any atom is 0.269 e. The molecule has 8 nitrogen and oxygen atoms in total. The van der Waals surface area contributed by atoms with Crippen LogP contribution in [0.3, 0.4) is 0 Å². The van der Waals surface area contributed by atoms with Crippen molar-refractivity contribution in [2.75, 3.05) is 49.7 Å². The van der Waals surface area contributed by atoms with E-state index < -0.39 is 4.92 Å². The average molecular weight is 445 g/mol. The molecule has 0 aromatic heterocycles. The number of methoxy groups -OCH3 is 1. The molecule has 9 heteroatoms. The molecule has 2 aliphatic rings. The molecule has 0 unspecified atom stereocenters. The van der Waals surface area contributed by atoms with Crippen LogP contribution in [-0.2, 0) is 16.0 Å². The van der Waals surface area contributed by atoms with Gasteiger partial charge in [0.1, 0.15) is 0 Å². The number of hydrogen-bond donors (Lipinski definition) is 1. The number of halogens is 1. The normalized spacial score (nSPS) is 20.1. The van der Waals surface area contributed by atoms with Crippen LogP contribution in [0.15, 0.2) is 42.5 Å². The van der Waals surface area contributed by atoms with E-state index in [-0.39, 0.29) is 23.6 Å². The van der Waals surface area contributed by atoms with Crippen LogP contribution in [-0.4, -0.2) is 56.8 Å². The molecule has 0 bridgehead atoms. The molecule has 2 heterocycles. The van der Waals surface area contributed by atoms with Crippen molar-refractivity contribution in [1.29, 1.82) is 0 Å². The van der Waals surface area contributed by atoms with Crippen molar-refractivity contribution in [1.82, 2.24) is 5.32 Å². The molecule has 2 aliphatic heterocycles. The Balaban J connectivity index is 1.65. The summed E-state index contributed by atoms with van der Waals surface area (Å²) in [6.07, 6.45) is 0.452. The summed E-state index contributed by atoms with van der Waals surface area (Å²) < 4.78 is 5.05. The number of nitrogens with one attached hydrogen (secondary N) is 1. The van der Waals surface area contributed by atoms with Gasteiger partial charge in [-0.2, -0.15) is 0 Å². The highest BCUT2D eigenvalue weighted by Gasteiger charge is 2.42. The van der Waals surface area contributed by atoms with Crippen LogP contribution in [0.4, 0.5) is 17.1 Å². The summed E-state index contributed by atoms with van der Waals surface area (Å²) in [7, 11) is 1.59. The number of ether oxygens (including phenoxy) is 1. The first-order valence-corrected chi connectivity index (χ1v) is 10.7. The lowest BCUT2D eigenvalue weighted by Crippen LogP contribution is -2.61. The van der Waals surface area contributed by atoms with E-state index in [9.17, 15) is 14.9 Å². The zero-order valence-electron chi connectivity index (χ0n) is 17.3. The maximum atomic E-state index is 13.1. The highest BCUT2D eigenvalue weighted by atomic mass is 35.5. The minimum Gasteiger partial charge on any atom is -0.383 e. The van der Waals surface area contributed by atoms with Crippen LogP contribution < -0.4 is 15.1 Å². The van der Waals surface area contributed by atoms with Crippen LogP contribution in [0.2, 0.25) is 5.02 Å². The van der Waals surface area contributed by atoms with Gasteiger partial charge in [0.25, 0.3) is 5.69 Å². The summed E-state index contributed by atoms with van der Waals surface area (Å²) in [5.41, 5.74) is 2.81. The Hall–Kier alpha value is -2.84. The van der Waals surface area contributed by atoms with Gasteiger partial charge >= 0.3 is 0 Å². The monoisotopic (exact) mass is 444 g/mol. The number of nitro benzene ring substituents is 1. The molecule has 0 spiro atoms. The Bertz CT molecular complexity index is 986. The Morgan fingerprint density at radius 2 is 2.06 bits per heavy atom. The third kappa shape index (κ3) is 4.31. The van der Waals surface area contributed by atoms with E-state index in [2.05, 4.69) is 15.1 Å². The SMILES string of the molecule is COCCNC(=O)[C@@H]1Cc2cc([N+](=O)[O-])ccc2N2CCN(c3ccccc3Cl)C[C@@H]12. The zero-order valence-corrected chi connectivity index (χ0v) is 18.0. The molecule has 31 heavy (non-hydrogen) atoms. The van der Waals surface area contributed by atoms with Crippen LogP contribution >= 0.6 is 11.6 Å². The summed E-state index contributed by atoms with van der Waals surface area (Å²) >= 11 is 6.43. The second-order valence-corrected chi connectivity index (χ2v) is 8.23. The lowest BCUT2D eigenvalue weighted by atomic mass is 9.83. The first-order valence-electron chi connectivity index (χ1n) is 10.3. The molecule has 1 N–H and O–H groups in total. The molecule has 1 saturated heterocycles. The van der Waals surface area contributed by atoms with Crippen molar-refractivity contribution in [3.05, 3.63) is 63.2 Å². The summed E-state index contributed by atoms with van der Waals surface area (Å²) in [5, 5.41) is 14.9. The molecular weight excluding hydrogens is 420 g/mol. The highest BCUT2D eigenvalue weighted by molar-refractivity contribution is 6.33. The zero-order chi connectivity index (χ0) is 22.0. The summed E-state index contributed by atoms with van der Waals surface area (Å²) in [6.45, 7) is 2.94. The minimum absolute atomic E-state index is 0.0467. The maximum absolute atomic E-state index is 13.1. The Morgan fingerprint density at radius 3 is 2.81 bits per heavy atom. The predicted octanol–water partition coefficient (Wildman–Crippen LogP) is 2.88. The number of benzene rings is 2. The van der Waals surface area contributed by atoms with E-state index in [1.807, 2.05) is 30.3 Å². The van der Waals surface area contributed by atoms with E-state index >= 15 is 0 Å². The minimum atomic E-state index is -0.393. The molecule has 0 saturated carbocycles. The number of amides is 1. The molecule has 1 fully saturated rings. The average Bonchev–Trinajstić information content (AvgIpc) is 2.78. The van der Waals surface area contributed by atoms with Crippen molar-refractivity contribution < 1.29 is 14.5 Å². The largest absolute Gasteiger partial charge is 0.383 e. The Morgan fingerprint density at radius 1 is 1.26 bits per heavy atom. The quantitative estimate of drug-likeness (QED) is 0.418. The molecule has 2 aromatic carbocycles. The molecule has 0 aliphatic carbocycles. The van der Waals surface area contributed by atoms with Gasteiger partial charge in [-0.25, -0.2) is 0 Å². The fraction of sp³-hybridized carbons (Fsp3) is 0.409. The lowest BCUT2D eigenvalue weighted by molar-refractivity contribution is -0.384. The van der Waals surface area contributed by atoms with Gasteiger partial charge in [0, 0.05) is 51.1 Å². The van der Waals surface area contributed by atoms with Crippen molar-refractivity contribution >= 4 is 34.6 Å². The first kappa shape index (κ1) is 21.4. The summed E-state index contributed by atoms with van der Waals surface area (Å²) in [4.78, 5) is 28.4. The van der Waals surface area contributed by atoms with Gasteiger partial charge in [0.05, 0.1) is 34.2 Å². The van der Waals surface area contributed by atoms with E-state index in [1.54, 1.807) is 13.2 Å². The van der Waals surface area contributed by atoms with Crippen molar-refractivity contribution in [3.8, 4) is 0 Å². The number of fused-ring (bicyclic) bond motifs is 3. The summed E-state index contributed by atoms with van der Waals surface area (Å²) in [5.74, 6) is -0.401. The molecule has 4 rings (SSSR count). The molecule has 164 valence electrons. The number of hydrogen-bond acceptors (Lipinski definition) is 6. The number of rotatable bonds is 6. The van der Waals surface area contributed by atoms with Gasteiger partial charge in [-0.1, -0.05) is 23.7 Å². The van der Waals surface area contributed by atoms with Crippen LogP contribution in [0.1, 0.15) is 5.56 Å². The van der Waals surface area contributed by atoms with Gasteiger partial charge in [0.15, 0.2) is 0 Å². The summed E-state index contributed by atoms with van der Waals surface area (Å²) in [6, 6.07) is 12.6. The lowest BCUT2D eigenvalue weighted by Gasteiger charge is -2.49. The second-order valence-electron chi connectivity index (χ2n) is 7.82. The van der Waals surface area contributed by atoms with E-state index in [0.29, 0.717) is 37.7 Å². The van der Waals surface area contributed by atoms with Crippen molar-refractivity contribution in [3.63, 3.8) is 0 Å². The molecule has 1 amide bonds. The number of anilines is 2. The fourth-order valence-corrected chi connectivity index (χ4v) is 4.81. The van der Waals surface area contributed by atoms with Crippen LogP contribution in [0, 0.1) is 16.0 Å². The number of carbonyl (C=O) groups is 1. The molecule has 2 atom stereocenters. The Labute approximate surface area is 185 Å². The van der Waals surface area contributed by atoms with Gasteiger partial charge in [-0.3, -0.25) is 14.9 Å². The number of nitro groups is 1. The highest BCUT2D eigenvalue weighted by Crippen LogP contribution is 2.39. The molecular formula is C22H25ClN4O4. The smallest absolute Gasteiger partial charge is 0.269 e. The van der Waals surface area contributed by atoms with Gasteiger partial charge in [-0.15, -0.1) is 0 Å². The van der Waals surface area contributed by atoms with Gasteiger partial charge < -0.3 is 19.9 Å². The third-order valence-electron chi connectivity index (χ3n) is 6.04. The Kier molecular flexibility index (Phi) is 6.29. The third-order valence-corrected chi connectivity index (χ3v) is 6.36. The van der Waals surface area contributed by atoms with E-state index in [4.69, 9.17) is 16.3 Å². The van der Waals surface area contributed by atoms with E-state index in [1.165, 1.54) is 6.07 Å². The number of non-ortho nitro benzene ring substituents is 1. The predicted molar refractivity (Wildman–Crippen MR) is 120 cm³/mol. The van der Waals surface area contributed by atoms with Crippen molar-refractivity contribution in [2.24, 2.45) is 5.92 Å². The first-order chi connectivity index (χ1) is 15.0. The fourth-order valence-electron chi connectivity index (χ4n) is 4.56. The topological polar surface area (TPSA) is 87.9 Å². The number of piperazine rings is 1. The van der Waals surface area contributed by atoms with Crippen molar-refractivity contribution in [2.45, 2.75) is 12.5 Å². The molecule has 2 aromatic rings. The van der Waals surface area contributed by atoms with Gasteiger partial charge in [-0.05, 0) is 30.2 Å². The van der Waals surface area contributed by atoms with Gasteiger partial charge in [0.2, 0.25) is 5.91 Å². The number of nitrogens with zero attached hydrogens (tertiary/aromatic N) is 3. The second kappa shape index (κ2) is 9.11.